The number of benzene rings is 1. The molecule has 4 heteroatoms. The number of carbonyl (C=O) groups is 2. The standard InChI is InChI=1S/C12H14O4/c1-2-16-11(12(14)15)8-10(13)9-6-4-3-5-7-9/h3-7,11H,2,8H2,1H3,(H,14,15). The summed E-state index contributed by atoms with van der Waals surface area (Å²) in [4.78, 5) is 22.5. The summed E-state index contributed by atoms with van der Waals surface area (Å²) in [6, 6.07) is 8.60. The minimum absolute atomic E-state index is 0.132. The van der Waals surface area contributed by atoms with Gasteiger partial charge in [-0.2, -0.15) is 0 Å². The van der Waals surface area contributed by atoms with Crippen molar-refractivity contribution in [3.05, 3.63) is 35.9 Å². The smallest absolute Gasteiger partial charge is 0.333 e. The monoisotopic (exact) mass is 222 g/mol. The molecule has 0 aromatic heterocycles. The molecule has 0 heterocycles. The highest BCUT2D eigenvalue weighted by Crippen LogP contribution is 2.08. The second-order valence-electron chi connectivity index (χ2n) is 3.28. The first kappa shape index (κ1) is 12.4. The molecule has 1 aromatic carbocycles. The van der Waals surface area contributed by atoms with E-state index >= 15 is 0 Å². The van der Waals surface area contributed by atoms with Crippen LogP contribution in [0.3, 0.4) is 0 Å². The van der Waals surface area contributed by atoms with Gasteiger partial charge in [0.2, 0.25) is 0 Å². The molecular formula is C12H14O4. The highest BCUT2D eigenvalue weighted by Gasteiger charge is 2.21. The van der Waals surface area contributed by atoms with Crippen molar-refractivity contribution in [1.29, 1.82) is 0 Å². The second-order valence-corrected chi connectivity index (χ2v) is 3.28. The first-order valence-electron chi connectivity index (χ1n) is 5.07. The van der Waals surface area contributed by atoms with Crippen LogP contribution in [0.2, 0.25) is 0 Å². The fourth-order valence-corrected chi connectivity index (χ4v) is 1.33. The Labute approximate surface area is 93.9 Å². The molecule has 0 fully saturated rings. The molecule has 0 saturated heterocycles. The molecule has 1 aromatic rings. The number of ether oxygens (including phenoxy) is 1. The third kappa shape index (κ3) is 3.47. The topological polar surface area (TPSA) is 63.6 Å². The van der Waals surface area contributed by atoms with Crippen LogP contribution < -0.4 is 0 Å². The zero-order valence-electron chi connectivity index (χ0n) is 9.05. The molecule has 1 atom stereocenters. The van der Waals surface area contributed by atoms with E-state index in [4.69, 9.17) is 9.84 Å². The van der Waals surface area contributed by atoms with Crippen molar-refractivity contribution in [3.8, 4) is 0 Å². The van der Waals surface area contributed by atoms with Crippen LogP contribution in [0, 0.1) is 0 Å². The summed E-state index contributed by atoms with van der Waals surface area (Å²) in [5.41, 5.74) is 0.508. The Kier molecular flexibility index (Phi) is 4.66. The molecule has 4 nitrogen and oxygen atoms in total. The van der Waals surface area contributed by atoms with Gasteiger partial charge in [-0.15, -0.1) is 0 Å². The number of carboxylic acid groups (broad SMARTS) is 1. The lowest BCUT2D eigenvalue weighted by Gasteiger charge is -2.11. The van der Waals surface area contributed by atoms with E-state index in [1.54, 1.807) is 37.3 Å². The first-order valence-corrected chi connectivity index (χ1v) is 5.07. The number of hydrogen-bond acceptors (Lipinski definition) is 3. The average molecular weight is 222 g/mol. The van der Waals surface area contributed by atoms with E-state index in [9.17, 15) is 9.59 Å². The Morgan fingerprint density at radius 1 is 1.31 bits per heavy atom. The van der Waals surface area contributed by atoms with Gasteiger partial charge >= 0.3 is 5.97 Å². The van der Waals surface area contributed by atoms with E-state index in [-0.39, 0.29) is 18.8 Å². The number of ketones is 1. The zero-order chi connectivity index (χ0) is 12.0. The average Bonchev–Trinajstić information content (AvgIpc) is 2.29. The van der Waals surface area contributed by atoms with E-state index in [0.717, 1.165) is 0 Å². The van der Waals surface area contributed by atoms with Crippen molar-refractivity contribution < 1.29 is 19.4 Å². The van der Waals surface area contributed by atoms with E-state index in [0.29, 0.717) is 5.56 Å². The molecule has 0 bridgehead atoms. The van der Waals surface area contributed by atoms with Gasteiger partial charge in [-0.25, -0.2) is 4.79 Å². The maximum absolute atomic E-state index is 11.7. The van der Waals surface area contributed by atoms with E-state index < -0.39 is 12.1 Å². The molecule has 86 valence electrons. The summed E-state index contributed by atoms with van der Waals surface area (Å²) < 4.78 is 4.98. The van der Waals surface area contributed by atoms with Crippen molar-refractivity contribution in [2.45, 2.75) is 19.4 Å². The molecular weight excluding hydrogens is 208 g/mol. The maximum atomic E-state index is 11.7. The summed E-state index contributed by atoms with van der Waals surface area (Å²) >= 11 is 0. The van der Waals surface area contributed by atoms with Gasteiger partial charge in [-0.1, -0.05) is 30.3 Å². The largest absolute Gasteiger partial charge is 0.479 e. The van der Waals surface area contributed by atoms with E-state index in [2.05, 4.69) is 0 Å². The van der Waals surface area contributed by atoms with Crippen molar-refractivity contribution in [1.82, 2.24) is 0 Å². The molecule has 16 heavy (non-hydrogen) atoms. The van der Waals surface area contributed by atoms with Crippen LogP contribution in [0.1, 0.15) is 23.7 Å². The van der Waals surface area contributed by atoms with Crippen LogP contribution in [0.5, 0.6) is 0 Å². The molecule has 0 spiro atoms. The van der Waals surface area contributed by atoms with Gasteiger partial charge in [-0.05, 0) is 6.92 Å². The van der Waals surface area contributed by atoms with Gasteiger partial charge in [0.25, 0.3) is 0 Å². The SMILES string of the molecule is CCOC(CC(=O)c1ccccc1)C(=O)O. The minimum atomic E-state index is -1.11. The summed E-state index contributed by atoms with van der Waals surface area (Å²) in [5.74, 6) is -1.33. The minimum Gasteiger partial charge on any atom is -0.479 e. The predicted octanol–water partition coefficient (Wildman–Crippen LogP) is 1.75. The molecule has 0 saturated carbocycles. The Balaban J connectivity index is 2.65. The Hall–Kier alpha value is -1.68. The summed E-state index contributed by atoms with van der Waals surface area (Å²) in [5, 5.41) is 8.82. The lowest BCUT2D eigenvalue weighted by molar-refractivity contribution is -0.149. The highest BCUT2D eigenvalue weighted by atomic mass is 16.5. The lowest BCUT2D eigenvalue weighted by Crippen LogP contribution is -2.27. The first-order chi connectivity index (χ1) is 7.65. The Morgan fingerprint density at radius 3 is 2.44 bits per heavy atom. The molecule has 0 aliphatic heterocycles. The number of Topliss-reactive ketones (excluding diaryl/α,β-unsaturated/α-hetero) is 1. The van der Waals surface area contributed by atoms with Gasteiger partial charge in [-0.3, -0.25) is 4.79 Å². The van der Waals surface area contributed by atoms with Crippen LogP contribution >= 0.6 is 0 Å². The fraction of sp³-hybridized carbons (Fsp3) is 0.333. The van der Waals surface area contributed by atoms with Gasteiger partial charge < -0.3 is 9.84 Å². The van der Waals surface area contributed by atoms with E-state index in [1.807, 2.05) is 0 Å². The van der Waals surface area contributed by atoms with Crippen LogP contribution in [0.15, 0.2) is 30.3 Å². The molecule has 0 aliphatic rings. The van der Waals surface area contributed by atoms with Crippen LogP contribution in [0.4, 0.5) is 0 Å². The van der Waals surface area contributed by atoms with Crippen molar-refractivity contribution in [2.24, 2.45) is 0 Å². The van der Waals surface area contributed by atoms with Crippen LogP contribution in [0.25, 0.3) is 0 Å². The number of carboxylic acids is 1. The van der Waals surface area contributed by atoms with Crippen LogP contribution in [-0.4, -0.2) is 29.6 Å². The molecule has 0 aliphatic carbocycles. The quantitative estimate of drug-likeness (QED) is 0.745. The third-order valence-electron chi connectivity index (χ3n) is 2.11. The number of carbonyl (C=O) groups excluding carboxylic acids is 1. The zero-order valence-corrected chi connectivity index (χ0v) is 9.05. The third-order valence-corrected chi connectivity index (χ3v) is 2.11. The Bertz CT molecular complexity index is 359. The van der Waals surface area contributed by atoms with Crippen LogP contribution in [-0.2, 0) is 9.53 Å². The van der Waals surface area contributed by atoms with E-state index in [1.165, 1.54) is 0 Å². The number of hydrogen-bond donors (Lipinski definition) is 1. The molecule has 1 N–H and O–H groups in total. The van der Waals surface area contributed by atoms with Gasteiger partial charge in [0, 0.05) is 18.6 Å². The number of rotatable bonds is 6. The maximum Gasteiger partial charge on any atom is 0.333 e. The fourth-order valence-electron chi connectivity index (χ4n) is 1.33. The molecule has 1 unspecified atom stereocenters. The van der Waals surface area contributed by atoms with Gasteiger partial charge in [0.15, 0.2) is 11.9 Å². The van der Waals surface area contributed by atoms with Crippen molar-refractivity contribution in [2.75, 3.05) is 6.61 Å². The predicted molar refractivity (Wildman–Crippen MR) is 58.4 cm³/mol. The Morgan fingerprint density at radius 2 is 1.94 bits per heavy atom. The summed E-state index contributed by atoms with van der Waals surface area (Å²) in [6.45, 7) is 1.97. The lowest BCUT2D eigenvalue weighted by atomic mass is 10.1. The summed E-state index contributed by atoms with van der Waals surface area (Å²) in [6.07, 6.45) is -1.19. The molecule has 0 radical (unpaired) electrons. The van der Waals surface area contributed by atoms with Gasteiger partial charge in [0.05, 0.1) is 0 Å². The molecule has 1 rings (SSSR count). The summed E-state index contributed by atoms with van der Waals surface area (Å²) in [7, 11) is 0. The van der Waals surface area contributed by atoms with Gasteiger partial charge in [0.1, 0.15) is 0 Å². The van der Waals surface area contributed by atoms with Crippen molar-refractivity contribution in [3.63, 3.8) is 0 Å². The molecule has 0 amide bonds. The second kappa shape index (κ2) is 6.02. The van der Waals surface area contributed by atoms with Crippen molar-refractivity contribution >= 4 is 11.8 Å². The number of aliphatic carboxylic acids is 1. The highest BCUT2D eigenvalue weighted by molar-refractivity contribution is 5.98. The normalized spacial score (nSPS) is 12.1.